The highest BCUT2D eigenvalue weighted by molar-refractivity contribution is 6.18. The molecule has 0 amide bonds. The van der Waals surface area contributed by atoms with E-state index in [0.717, 1.165) is 11.8 Å². The molecule has 0 bridgehead atoms. The second-order valence-electron chi connectivity index (χ2n) is 4.50. The van der Waals surface area contributed by atoms with Gasteiger partial charge < -0.3 is 0 Å². The Bertz CT molecular complexity index is 166. The lowest BCUT2D eigenvalue weighted by atomic mass is 9.65. The molecule has 1 fully saturated rings. The maximum Gasteiger partial charge on any atom is 0.0280 e. The molecular formula is C11H17Cl. The summed E-state index contributed by atoms with van der Waals surface area (Å²) >= 11 is 6.02. The SMILES string of the molecule is ClCC1(CC2CC=CC2)CCC1. The molecule has 0 N–H and O–H groups in total. The third kappa shape index (κ3) is 1.54. The highest BCUT2D eigenvalue weighted by atomic mass is 35.5. The van der Waals surface area contributed by atoms with Gasteiger partial charge in [-0.3, -0.25) is 0 Å². The molecule has 12 heavy (non-hydrogen) atoms. The van der Waals surface area contributed by atoms with E-state index in [1.54, 1.807) is 0 Å². The molecule has 0 heterocycles. The third-order valence-electron chi connectivity index (χ3n) is 3.52. The maximum absolute atomic E-state index is 6.02. The van der Waals surface area contributed by atoms with Crippen molar-refractivity contribution in [1.82, 2.24) is 0 Å². The largest absolute Gasteiger partial charge is 0.126 e. The minimum atomic E-state index is 0.554. The molecule has 0 atom stereocenters. The number of hydrogen-bond donors (Lipinski definition) is 0. The van der Waals surface area contributed by atoms with Crippen molar-refractivity contribution in [2.75, 3.05) is 5.88 Å². The highest BCUT2D eigenvalue weighted by Gasteiger charge is 2.37. The Hall–Kier alpha value is 0.0300. The first-order valence-corrected chi connectivity index (χ1v) is 5.59. The van der Waals surface area contributed by atoms with Crippen molar-refractivity contribution < 1.29 is 0 Å². The average Bonchev–Trinajstić information content (AvgIpc) is 2.49. The predicted octanol–water partition coefficient (Wildman–Crippen LogP) is 3.75. The molecule has 0 nitrogen and oxygen atoms in total. The molecule has 2 aliphatic carbocycles. The molecule has 2 rings (SSSR count). The molecule has 0 saturated heterocycles. The zero-order chi connectivity index (χ0) is 8.44. The van der Waals surface area contributed by atoms with E-state index in [-0.39, 0.29) is 0 Å². The average molecular weight is 185 g/mol. The summed E-state index contributed by atoms with van der Waals surface area (Å²) in [5.41, 5.74) is 0.554. The third-order valence-corrected chi connectivity index (χ3v) is 4.09. The Morgan fingerprint density at radius 2 is 1.92 bits per heavy atom. The number of hydrogen-bond acceptors (Lipinski definition) is 0. The normalized spacial score (nSPS) is 27.4. The maximum atomic E-state index is 6.02. The van der Waals surface area contributed by atoms with Crippen LogP contribution in [0.4, 0.5) is 0 Å². The Morgan fingerprint density at radius 1 is 1.25 bits per heavy atom. The van der Waals surface area contributed by atoms with Crippen LogP contribution < -0.4 is 0 Å². The Kier molecular flexibility index (Phi) is 2.45. The summed E-state index contributed by atoms with van der Waals surface area (Å²) in [5.74, 6) is 1.81. The van der Waals surface area contributed by atoms with Crippen molar-refractivity contribution in [2.24, 2.45) is 11.3 Å². The quantitative estimate of drug-likeness (QED) is 0.463. The minimum Gasteiger partial charge on any atom is -0.126 e. The molecule has 0 aliphatic heterocycles. The molecule has 0 radical (unpaired) electrons. The summed E-state index contributed by atoms with van der Waals surface area (Å²) in [4.78, 5) is 0. The van der Waals surface area contributed by atoms with Gasteiger partial charge in [0.25, 0.3) is 0 Å². The predicted molar refractivity (Wildman–Crippen MR) is 53.5 cm³/mol. The zero-order valence-corrected chi connectivity index (χ0v) is 8.32. The van der Waals surface area contributed by atoms with E-state index in [1.807, 2.05) is 0 Å². The Balaban J connectivity index is 1.84. The van der Waals surface area contributed by atoms with Crippen LogP contribution in [-0.4, -0.2) is 5.88 Å². The summed E-state index contributed by atoms with van der Waals surface area (Å²) < 4.78 is 0. The lowest BCUT2D eigenvalue weighted by Gasteiger charge is -2.42. The van der Waals surface area contributed by atoms with E-state index < -0.39 is 0 Å². The zero-order valence-electron chi connectivity index (χ0n) is 7.56. The lowest BCUT2D eigenvalue weighted by molar-refractivity contribution is 0.124. The van der Waals surface area contributed by atoms with Gasteiger partial charge in [-0.25, -0.2) is 0 Å². The van der Waals surface area contributed by atoms with Gasteiger partial charge in [0.15, 0.2) is 0 Å². The van der Waals surface area contributed by atoms with Gasteiger partial charge in [0.05, 0.1) is 0 Å². The Morgan fingerprint density at radius 3 is 2.33 bits per heavy atom. The molecule has 0 unspecified atom stereocenters. The topological polar surface area (TPSA) is 0 Å². The molecule has 1 heteroatoms. The van der Waals surface area contributed by atoms with Crippen LogP contribution in [-0.2, 0) is 0 Å². The van der Waals surface area contributed by atoms with Gasteiger partial charge in [0.2, 0.25) is 0 Å². The first-order valence-electron chi connectivity index (χ1n) is 5.06. The Labute approximate surface area is 80.0 Å². The van der Waals surface area contributed by atoms with Crippen molar-refractivity contribution in [3.8, 4) is 0 Å². The van der Waals surface area contributed by atoms with Gasteiger partial charge in [-0.1, -0.05) is 18.6 Å². The molecule has 0 spiro atoms. The van der Waals surface area contributed by atoms with Crippen LogP contribution in [0.5, 0.6) is 0 Å². The first kappa shape index (κ1) is 8.62. The molecule has 0 aromatic rings. The van der Waals surface area contributed by atoms with Crippen molar-refractivity contribution in [3.05, 3.63) is 12.2 Å². The smallest absolute Gasteiger partial charge is 0.0280 e. The van der Waals surface area contributed by atoms with E-state index in [2.05, 4.69) is 12.2 Å². The van der Waals surface area contributed by atoms with Crippen molar-refractivity contribution in [1.29, 1.82) is 0 Å². The minimum absolute atomic E-state index is 0.554. The number of allylic oxidation sites excluding steroid dienone is 2. The fourth-order valence-corrected chi connectivity index (χ4v) is 2.90. The van der Waals surface area contributed by atoms with Crippen LogP contribution in [0.2, 0.25) is 0 Å². The van der Waals surface area contributed by atoms with Gasteiger partial charge in [-0.15, -0.1) is 11.6 Å². The standard InChI is InChI=1S/C11H17Cl/c12-9-11(6-3-7-11)8-10-4-1-2-5-10/h1-2,10H,3-9H2. The molecule has 0 aromatic carbocycles. The molecule has 68 valence electrons. The van der Waals surface area contributed by atoms with Crippen molar-refractivity contribution in [3.63, 3.8) is 0 Å². The number of rotatable bonds is 3. The molecule has 2 aliphatic rings. The fourth-order valence-electron chi connectivity index (χ4n) is 2.52. The van der Waals surface area contributed by atoms with Crippen molar-refractivity contribution in [2.45, 2.75) is 38.5 Å². The van der Waals surface area contributed by atoms with Gasteiger partial charge in [-0.2, -0.15) is 0 Å². The van der Waals surface area contributed by atoms with E-state index in [9.17, 15) is 0 Å². The fraction of sp³-hybridized carbons (Fsp3) is 0.818. The van der Waals surface area contributed by atoms with Gasteiger partial charge in [0, 0.05) is 5.88 Å². The molecular weight excluding hydrogens is 168 g/mol. The van der Waals surface area contributed by atoms with Crippen molar-refractivity contribution >= 4 is 11.6 Å². The lowest BCUT2D eigenvalue weighted by Crippen LogP contribution is -2.33. The highest BCUT2D eigenvalue weighted by Crippen LogP contribution is 2.48. The van der Waals surface area contributed by atoms with Gasteiger partial charge in [0.1, 0.15) is 0 Å². The van der Waals surface area contributed by atoms with E-state index in [0.29, 0.717) is 5.41 Å². The van der Waals surface area contributed by atoms with Crippen LogP contribution in [0.15, 0.2) is 12.2 Å². The second kappa shape index (κ2) is 3.41. The summed E-state index contributed by atoms with van der Waals surface area (Å²) in [7, 11) is 0. The summed E-state index contributed by atoms with van der Waals surface area (Å²) in [5, 5.41) is 0. The number of halogens is 1. The van der Waals surface area contributed by atoms with Crippen LogP contribution >= 0.6 is 11.6 Å². The second-order valence-corrected chi connectivity index (χ2v) is 4.77. The monoisotopic (exact) mass is 184 g/mol. The van der Waals surface area contributed by atoms with E-state index in [4.69, 9.17) is 11.6 Å². The van der Waals surface area contributed by atoms with E-state index >= 15 is 0 Å². The number of alkyl halides is 1. The molecule has 1 saturated carbocycles. The van der Waals surface area contributed by atoms with Gasteiger partial charge >= 0.3 is 0 Å². The summed E-state index contributed by atoms with van der Waals surface area (Å²) in [6, 6.07) is 0. The van der Waals surface area contributed by atoms with Crippen LogP contribution in [0, 0.1) is 11.3 Å². The molecule has 0 aromatic heterocycles. The summed E-state index contributed by atoms with van der Waals surface area (Å²) in [6.45, 7) is 0. The van der Waals surface area contributed by atoms with Crippen LogP contribution in [0.25, 0.3) is 0 Å². The first-order chi connectivity index (χ1) is 5.85. The van der Waals surface area contributed by atoms with E-state index in [1.165, 1.54) is 38.5 Å². The van der Waals surface area contributed by atoms with Crippen LogP contribution in [0.1, 0.15) is 38.5 Å². The summed E-state index contributed by atoms with van der Waals surface area (Å²) in [6.07, 6.45) is 12.8. The van der Waals surface area contributed by atoms with Gasteiger partial charge in [-0.05, 0) is 43.4 Å². The van der Waals surface area contributed by atoms with Crippen LogP contribution in [0.3, 0.4) is 0 Å².